The fraction of sp³-hybridized carbons (Fsp3) is 0.444. The SMILES string of the molecule is CC(=O)OCC(=O)OCCN(CCOC(=O)COC(C)=O)c1ccccc1. The number of hydrogen-bond acceptors (Lipinski definition) is 9. The average molecular weight is 381 g/mol. The molecular weight excluding hydrogens is 358 g/mol. The van der Waals surface area contributed by atoms with Gasteiger partial charge in [0.2, 0.25) is 0 Å². The summed E-state index contributed by atoms with van der Waals surface area (Å²) in [5.41, 5.74) is 0.851. The zero-order valence-electron chi connectivity index (χ0n) is 15.3. The molecule has 1 rings (SSSR count). The van der Waals surface area contributed by atoms with Crippen molar-refractivity contribution in [1.82, 2.24) is 0 Å². The second-order valence-electron chi connectivity index (χ2n) is 5.32. The molecule has 0 aromatic heterocycles. The van der Waals surface area contributed by atoms with Gasteiger partial charge in [0.25, 0.3) is 0 Å². The first-order chi connectivity index (χ1) is 12.9. The minimum atomic E-state index is -0.647. The van der Waals surface area contributed by atoms with Gasteiger partial charge in [-0.15, -0.1) is 0 Å². The second-order valence-corrected chi connectivity index (χ2v) is 5.32. The first-order valence-electron chi connectivity index (χ1n) is 8.26. The highest BCUT2D eigenvalue weighted by molar-refractivity contribution is 5.75. The van der Waals surface area contributed by atoms with Crippen LogP contribution in [0.5, 0.6) is 0 Å². The van der Waals surface area contributed by atoms with Crippen LogP contribution in [0.25, 0.3) is 0 Å². The number of nitrogens with zero attached hydrogens (tertiary/aromatic N) is 1. The number of carbonyl (C=O) groups is 4. The Hall–Kier alpha value is -3.10. The van der Waals surface area contributed by atoms with E-state index in [1.165, 1.54) is 13.8 Å². The normalized spacial score (nSPS) is 9.85. The van der Waals surface area contributed by atoms with Gasteiger partial charge in [0.05, 0.1) is 13.1 Å². The molecule has 0 unspecified atom stereocenters. The smallest absolute Gasteiger partial charge is 0.344 e. The van der Waals surface area contributed by atoms with Gasteiger partial charge in [-0.3, -0.25) is 9.59 Å². The molecule has 0 N–H and O–H groups in total. The van der Waals surface area contributed by atoms with E-state index in [1.807, 2.05) is 35.2 Å². The van der Waals surface area contributed by atoms with E-state index in [0.29, 0.717) is 13.1 Å². The van der Waals surface area contributed by atoms with E-state index in [9.17, 15) is 19.2 Å². The van der Waals surface area contributed by atoms with E-state index in [1.54, 1.807) is 0 Å². The number of rotatable bonds is 11. The second kappa shape index (κ2) is 12.3. The number of benzene rings is 1. The summed E-state index contributed by atoms with van der Waals surface area (Å²) in [6, 6.07) is 9.28. The molecule has 0 saturated heterocycles. The van der Waals surface area contributed by atoms with Crippen LogP contribution in [0.1, 0.15) is 13.8 Å². The zero-order valence-corrected chi connectivity index (χ0v) is 15.3. The summed E-state index contributed by atoms with van der Waals surface area (Å²) in [6.45, 7) is 2.35. The Morgan fingerprint density at radius 2 is 1.19 bits per heavy atom. The summed E-state index contributed by atoms with van der Waals surface area (Å²) in [4.78, 5) is 46.1. The number of anilines is 1. The van der Waals surface area contributed by atoms with Crippen molar-refractivity contribution in [3.63, 3.8) is 0 Å². The van der Waals surface area contributed by atoms with Gasteiger partial charge in [-0.2, -0.15) is 0 Å². The number of ether oxygens (including phenoxy) is 4. The van der Waals surface area contributed by atoms with Crippen LogP contribution >= 0.6 is 0 Å². The summed E-state index contributed by atoms with van der Waals surface area (Å²) in [5.74, 6) is -2.42. The van der Waals surface area contributed by atoms with Gasteiger partial charge in [0, 0.05) is 19.5 Å². The summed E-state index contributed by atoms with van der Waals surface area (Å²) in [5, 5.41) is 0. The first kappa shape index (κ1) is 21.9. The number of hydrogen-bond donors (Lipinski definition) is 0. The third-order valence-electron chi connectivity index (χ3n) is 3.16. The van der Waals surface area contributed by atoms with E-state index < -0.39 is 37.1 Å². The number of para-hydroxylation sites is 1. The van der Waals surface area contributed by atoms with Crippen molar-refractivity contribution >= 4 is 29.6 Å². The molecule has 27 heavy (non-hydrogen) atoms. The van der Waals surface area contributed by atoms with Crippen LogP contribution < -0.4 is 4.90 Å². The highest BCUT2D eigenvalue weighted by Gasteiger charge is 2.11. The first-order valence-corrected chi connectivity index (χ1v) is 8.26. The molecule has 148 valence electrons. The fourth-order valence-electron chi connectivity index (χ4n) is 1.95. The van der Waals surface area contributed by atoms with Crippen molar-refractivity contribution < 1.29 is 38.1 Å². The van der Waals surface area contributed by atoms with Crippen LogP contribution in [-0.4, -0.2) is 63.4 Å². The van der Waals surface area contributed by atoms with E-state index >= 15 is 0 Å². The Morgan fingerprint density at radius 3 is 1.59 bits per heavy atom. The van der Waals surface area contributed by atoms with Gasteiger partial charge in [-0.1, -0.05) is 18.2 Å². The van der Waals surface area contributed by atoms with Crippen molar-refractivity contribution in [2.45, 2.75) is 13.8 Å². The van der Waals surface area contributed by atoms with Crippen LogP contribution in [-0.2, 0) is 38.1 Å². The lowest BCUT2D eigenvalue weighted by atomic mass is 10.3. The lowest BCUT2D eigenvalue weighted by Gasteiger charge is -2.24. The molecule has 0 bridgehead atoms. The Balaban J connectivity index is 2.45. The van der Waals surface area contributed by atoms with E-state index in [-0.39, 0.29) is 13.2 Å². The summed E-state index contributed by atoms with van der Waals surface area (Å²) < 4.78 is 19.1. The van der Waals surface area contributed by atoms with Gasteiger partial charge < -0.3 is 23.8 Å². The number of esters is 4. The van der Waals surface area contributed by atoms with Crippen molar-refractivity contribution in [1.29, 1.82) is 0 Å². The van der Waals surface area contributed by atoms with Crippen LogP contribution in [0.2, 0.25) is 0 Å². The third-order valence-corrected chi connectivity index (χ3v) is 3.16. The minimum Gasteiger partial charge on any atom is -0.461 e. The standard InChI is InChI=1S/C18H23NO8/c1-14(20)26-12-17(22)24-10-8-19(16-6-4-3-5-7-16)9-11-25-18(23)13-27-15(2)21/h3-7H,8-13H2,1-2H3. The molecule has 0 radical (unpaired) electrons. The lowest BCUT2D eigenvalue weighted by Crippen LogP contribution is -2.33. The van der Waals surface area contributed by atoms with Gasteiger partial charge in [0.1, 0.15) is 13.2 Å². The summed E-state index contributed by atoms with van der Waals surface area (Å²) >= 11 is 0. The van der Waals surface area contributed by atoms with Crippen molar-refractivity contribution in [3.8, 4) is 0 Å². The molecule has 0 heterocycles. The molecule has 0 atom stereocenters. The molecule has 0 amide bonds. The van der Waals surface area contributed by atoms with Crippen LogP contribution in [0.4, 0.5) is 5.69 Å². The van der Waals surface area contributed by atoms with Crippen LogP contribution in [0.15, 0.2) is 30.3 Å². The number of carbonyl (C=O) groups excluding carboxylic acids is 4. The maximum Gasteiger partial charge on any atom is 0.344 e. The predicted molar refractivity (Wildman–Crippen MR) is 93.8 cm³/mol. The molecular formula is C18H23NO8. The molecule has 9 heteroatoms. The highest BCUT2D eigenvalue weighted by Crippen LogP contribution is 2.12. The maximum absolute atomic E-state index is 11.5. The predicted octanol–water partition coefficient (Wildman–Crippen LogP) is 0.706. The molecule has 0 saturated carbocycles. The van der Waals surface area contributed by atoms with E-state index in [4.69, 9.17) is 9.47 Å². The molecule has 1 aromatic carbocycles. The Kier molecular flexibility index (Phi) is 9.98. The van der Waals surface area contributed by atoms with Gasteiger partial charge in [-0.05, 0) is 12.1 Å². The minimum absolute atomic E-state index is 0.0659. The van der Waals surface area contributed by atoms with Crippen molar-refractivity contribution in [2.75, 3.05) is 44.4 Å². The maximum atomic E-state index is 11.5. The van der Waals surface area contributed by atoms with Gasteiger partial charge in [0.15, 0.2) is 13.2 Å². The summed E-state index contributed by atoms with van der Waals surface area (Å²) in [7, 11) is 0. The van der Waals surface area contributed by atoms with Crippen LogP contribution in [0.3, 0.4) is 0 Å². The largest absolute Gasteiger partial charge is 0.461 e. The Labute approximate surface area is 157 Å². The van der Waals surface area contributed by atoms with Gasteiger partial charge in [-0.25, -0.2) is 9.59 Å². The molecule has 0 aliphatic carbocycles. The Morgan fingerprint density at radius 1 is 0.741 bits per heavy atom. The molecule has 0 spiro atoms. The van der Waals surface area contributed by atoms with Crippen LogP contribution in [0, 0.1) is 0 Å². The molecule has 1 aromatic rings. The lowest BCUT2D eigenvalue weighted by molar-refractivity contribution is -0.157. The summed E-state index contributed by atoms with van der Waals surface area (Å²) in [6.07, 6.45) is 0. The van der Waals surface area contributed by atoms with Gasteiger partial charge >= 0.3 is 23.9 Å². The average Bonchev–Trinajstić information content (AvgIpc) is 2.64. The quantitative estimate of drug-likeness (QED) is 0.404. The van der Waals surface area contributed by atoms with Crippen molar-refractivity contribution in [2.24, 2.45) is 0 Å². The monoisotopic (exact) mass is 381 g/mol. The molecule has 0 aliphatic rings. The van der Waals surface area contributed by atoms with E-state index in [2.05, 4.69) is 9.47 Å². The molecule has 0 aliphatic heterocycles. The van der Waals surface area contributed by atoms with Crippen molar-refractivity contribution in [3.05, 3.63) is 30.3 Å². The Bertz CT molecular complexity index is 596. The zero-order chi connectivity index (χ0) is 20.1. The molecule has 0 fully saturated rings. The third kappa shape index (κ3) is 10.5. The topological polar surface area (TPSA) is 108 Å². The molecule has 9 nitrogen and oxygen atoms in total. The highest BCUT2D eigenvalue weighted by atomic mass is 16.6. The fourth-order valence-corrected chi connectivity index (χ4v) is 1.95. The van der Waals surface area contributed by atoms with E-state index in [0.717, 1.165) is 5.69 Å².